The molecule has 0 amide bonds. The van der Waals surface area contributed by atoms with Crippen molar-refractivity contribution in [3.05, 3.63) is 194 Å². The van der Waals surface area contributed by atoms with Crippen LogP contribution in [0.25, 0.3) is 106 Å². The van der Waals surface area contributed by atoms with Crippen LogP contribution >= 0.6 is 9.24 Å². The van der Waals surface area contributed by atoms with Crippen molar-refractivity contribution in [2.24, 2.45) is 0 Å². The number of hydrogen-bond donors (Lipinski definition) is 0. The number of nitrogens with zero attached hydrogens (tertiary/aromatic N) is 4. The monoisotopic (exact) mass is 772 g/mol. The Morgan fingerprint density at radius 1 is 0.475 bits per heavy atom. The van der Waals surface area contributed by atoms with Crippen LogP contribution in [-0.2, 0) is 0 Å². The Hall–Kier alpha value is -7.64. The molecule has 3 aromatic heterocycles. The average molecular weight is 773 g/mol. The maximum atomic E-state index is 10.7. The molecule has 0 fully saturated rings. The van der Waals surface area contributed by atoms with Crippen LogP contribution < -0.4 is 5.30 Å². The van der Waals surface area contributed by atoms with Crippen LogP contribution in [0.1, 0.15) is 5.56 Å². The lowest BCUT2D eigenvalue weighted by atomic mass is 9.98. The van der Waals surface area contributed by atoms with Gasteiger partial charge in [-0.15, -0.1) is 9.24 Å². The molecule has 11 aromatic rings. The van der Waals surface area contributed by atoms with Crippen molar-refractivity contribution in [1.82, 2.24) is 14.5 Å². The highest BCUT2D eigenvalue weighted by molar-refractivity contribution is 7.28. The van der Waals surface area contributed by atoms with Crippen molar-refractivity contribution < 1.29 is 4.42 Å². The Bertz CT molecular complexity index is 3380. The molecule has 0 saturated carbocycles. The van der Waals surface area contributed by atoms with Gasteiger partial charge in [-0.25, -0.2) is 9.97 Å². The smallest absolute Gasteiger partial charge is 0.160 e. The van der Waals surface area contributed by atoms with E-state index in [-0.39, 0.29) is 0 Å². The molecule has 6 heteroatoms. The molecule has 0 aliphatic heterocycles. The van der Waals surface area contributed by atoms with Gasteiger partial charge in [-0.3, -0.25) is 0 Å². The van der Waals surface area contributed by atoms with Gasteiger partial charge >= 0.3 is 0 Å². The molecule has 0 saturated heterocycles. The van der Waals surface area contributed by atoms with Gasteiger partial charge in [0.2, 0.25) is 0 Å². The molecule has 1 unspecified atom stereocenters. The Balaban J connectivity index is 1.25. The number of furan rings is 1. The van der Waals surface area contributed by atoms with E-state index in [1.807, 2.05) is 72.8 Å². The largest absolute Gasteiger partial charge is 0.453 e. The van der Waals surface area contributed by atoms with E-state index in [0.29, 0.717) is 22.8 Å². The molecular weight excluding hydrogens is 740 g/mol. The van der Waals surface area contributed by atoms with Crippen molar-refractivity contribution in [2.75, 3.05) is 0 Å². The first-order chi connectivity index (χ1) is 29.2. The molecule has 5 nitrogen and oxygen atoms in total. The Morgan fingerprint density at radius 3 is 1.63 bits per heavy atom. The minimum Gasteiger partial charge on any atom is -0.453 e. The average Bonchev–Trinajstić information content (AvgIpc) is 3.86. The van der Waals surface area contributed by atoms with Crippen molar-refractivity contribution in [1.29, 1.82) is 5.26 Å². The predicted molar refractivity (Wildman–Crippen MR) is 245 cm³/mol. The van der Waals surface area contributed by atoms with Crippen LogP contribution in [0.5, 0.6) is 0 Å². The lowest BCUT2D eigenvalue weighted by molar-refractivity contribution is 0.672. The minimum absolute atomic E-state index is 0.432. The third kappa shape index (κ3) is 5.65. The van der Waals surface area contributed by atoms with Gasteiger partial charge in [-0.05, 0) is 41.0 Å². The molecule has 0 aliphatic rings. The summed E-state index contributed by atoms with van der Waals surface area (Å²) in [5.74, 6) is 0.521. The van der Waals surface area contributed by atoms with E-state index < -0.39 is 0 Å². The summed E-state index contributed by atoms with van der Waals surface area (Å²) in [6.45, 7) is 0. The molecule has 59 heavy (non-hydrogen) atoms. The van der Waals surface area contributed by atoms with Crippen LogP contribution in [0.3, 0.4) is 0 Å². The van der Waals surface area contributed by atoms with Gasteiger partial charge in [0.1, 0.15) is 17.2 Å². The van der Waals surface area contributed by atoms with Crippen molar-refractivity contribution in [3.63, 3.8) is 0 Å². The number of nitriles is 1. The Kier molecular flexibility index (Phi) is 8.25. The molecule has 276 valence electrons. The molecule has 1 atom stereocenters. The van der Waals surface area contributed by atoms with E-state index in [1.165, 1.54) is 0 Å². The summed E-state index contributed by atoms with van der Waals surface area (Å²) in [4.78, 5) is 10.5. The van der Waals surface area contributed by atoms with Gasteiger partial charge in [0.15, 0.2) is 11.4 Å². The summed E-state index contributed by atoms with van der Waals surface area (Å²) >= 11 is 0. The zero-order valence-electron chi connectivity index (χ0n) is 31.7. The molecule has 0 aliphatic carbocycles. The second-order valence-electron chi connectivity index (χ2n) is 14.6. The number of rotatable bonds is 6. The molecule has 0 N–H and O–H groups in total. The van der Waals surface area contributed by atoms with Gasteiger partial charge in [-0.2, -0.15) is 5.26 Å². The van der Waals surface area contributed by atoms with Crippen LogP contribution in [0.15, 0.2) is 192 Å². The van der Waals surface area contributed by atoms with Crippen LogP contribution in [0.2, 0.25) is 0 Å². The van der Waals surface area contributed by atoms with E-state index in [4.69, 9.17) is 14.4 Å². The third-order valence-corrected chi connectivity index (χ3v) is 11.8. The lowest BCUT2D eigenvalue weighted by Crippen LogP contribution is -2.10. The molecule has 0 radical (unpaired) electrons. The van der Waals surface area contributed by atoms with Crippen molar-refractivity contribution in [3.8, 4) is 67.9 Å². The first kappa shape index (κ1) is 34.6. The molecule has 0 bridgehead atoms. The van der Waals surface area contributed by atoms with Gasteiger partial charge in [0, 0.05) is 49.1 Å². The first-order valence-corrected chi connectivity index (χ1v) is 20.1. The highest BCUT2D eigenvalue weighted by atomic mass is 31.0. The maximum Gasteiger partial charge on any atom is 0.160 e. The van der Waals surface area contributed by atoms with E-state index in [0.717, 1.165) is 93.7 Å². The number of hydrogen-bond acceptors (Lipinski definition) is 4. The van der Waals surface area contributed by atoms with Crippen LogP contribution in [0.4, 0.5) is 0 Å². The van der Waals surface area contributed by atoms with Gasteiger partial charge in [0.05, 0.1) is 28.1 Å². The van der Waals surface area contributed by atoms with Crippen LogP contribution in [-0.4, -0.2) is 14.5 Å². The summed E-state index contributed by atoms with van der Waals surface area (Å²) < 4.78 is 9.43. The number of aromatic nitrogens is 3. The predicted octanol–water partition coefficient (Wildman–Crippen LogP) is 13.2. The molecule has 0 spiro atoms. The zero-order chi connectivity index (χ0) is 39.5. The molecular formula is C53H33N4OP. The van der Waals surface area contributed by atoms with Gasteiger partial charge in [-0.1, -0.05) is 164 Å². The number of benzene rings is 8. The highest BCUT2D eigenvalue weighted by Gasteiger charge is 2.24. The fourth-order valence-corrected chi connectivity index (χ4v) is 8.98. The van der Waals surface area contributed by atoms with Gasteiger partial charge < -0.3 is 8.98 Å². The Morgan fingerprint density at radius 2 is 1.00 bits per heavy atom. The van der Waals surface area contributed by atoms with Crippen LogP contribution in [0, 0.1) is 11.3 Å². The first-order valence-electron chi connectivity index (χ1n) is 19.5. The fraction of sp³-hybridized carbons (Fsp3) is 0. The minimum atomic E-state index is 0.432. The number of fused-ring (bicyclic) bond motifs is 7. The summed E-state index contributed by atoms with van der Waals surface area (Å²) in [6, 6.07) is 66.8. The summed E-state index contributed by atoms with van der Waals surface area (Å²) in [7, 11) is 3.06. The normalized spacial score (nSPS) is 11.5. The number of para-hydroxylation sites is 2. The second kappa shape index (κ2) is 14.1. The zero-order valence-corrected chi connectivity index (χ0v) is 32.8. The summed E-state index contributed by atoms with van der Waals surface area (Å²) in [6.07, 6.45) is 0. The molecule has 8 aromatic carbocycles. The quantitative estimate of drug-likeness (QED) is 0.158. The lowest BCUT2D eigenvalue weighted by Gasteiger charge is -2.18. The standard InChI is InChI=1S/C53H33N4OP/c54-32-44-47(35-20-9-3-10-21-35)55-53(56-48(44)36-22-11-4-12-23-36)37-30-43(34-18-7-2-8-19-34)52(59)46(31-37)57-45-27-14-13-24-39(45)40-28-29-42-41-26-15-25-38(33-16-5-1-6-17-33)50(41)58-51(42)49(40)57/h1-31H,59H2. The summed E-state index contributed by atoms with van der Waals surface area (Å²) in [5, 5.41) is 16.0. The van der Waals surface area contributed by atoms with Crippen molar-refractivity contribution in [2.45, 2.75) is 0 Å². The molecule has 11 rings (SSSR count). The van der Waals surface area contributed by atoms with E-state index in [9.17, 15) is 5.26 Å². The van der Waals surface area contributed by atoms with Crippen molar-refractivity contribution >= 4 is 58.3 Å². The SMILES string of the molecule is N#Cc1c(-c2ccccc2)nc(-c2cc(-c3ccccc3)c(P)c(-n3c4ccccc4c4ccc5c6cccc(-c7ccccc7)c6oc5c43)c2)nc1-c1ccccc1. The summed E-state index contributed by atoms with van der Waals surface area (Å²) in [5.41, 5.74) is 13.0. The molecule has 3 heterocycles. The fourth-order valence-electron chi connectivity index (χ4n) is 8.51. The van der Waals surface area contributed by atoms with E-state index >= 15 is 0 Å². The van der Waals surface area contributed by atoms with Gasteiger partial charge in [0.25, 0.3) is 0 Å². The van der Waals surface area contributed by atoms with E-state index in [2.05, 4.69) is 135 Å². The second-order valence-corrected chi connectivity index (χ2v) is 15.2. The maximum absolute atomic E-state index is 10.7. The topological polar surface area (TPSA) is 67.6 Å². The highest BCUT2D eigenvalue weighted by Crippen LogP contribution is 2.44. The Labute approximate surface area is 342 Å². The third-order valence-electron chi connectivity index (χ3n) is 11.2. The van der Waals surface area contributed by atoms with E-state index in [1.54, 1.807) is 0 Å².